The smallest absolute Gasteiger partial charge is 0.274 e. The molecule has 0 bridgehead atoms. The second-order valence-corrected chi connectivity index (χ2v) is 18.7. The SMILES string of the molecule is CC(C)(C)c1csc(N[C@H]2CCCCCC=C[C@@H]3C[C@@]3(C(=O)NS(=O)(=O)C3CC3)NC(=O)[C@@H]3C[C@@H](Oc4nc5ccccc5s4)CN3C2=O)n1. The van der Waals surface area contributed by atoms with Gasteiger partial charge in [0.05, 0.1) is 27.7 Å². The van der Waals surface area contributed by atoms with Crippen molar-refractivity contribution in [2.24, 2.45) is 5.92 Å². The van der Waals surface area contributed by atoms with Gasteiger partial charge in [0.15, 0.2) is 5.13 Å². The molecule has 3 N–H and O–H groups in total. The summed E-state index contributed by atoms with van der Waals surface area (Å²) in [5.41, 5.74) is 0.159. The van der Waals surface area contributed by atoms with Gasteiger partial charge in [0.25, 0.3) is 11.1 Å². The van der Waals surface area contributed by atoms with E-state index in [-0.39, 0.29) is 36.6 Å². The van der Waals surface area contributed by atoms with Gasteiger partial charge in [-0.05, 0) is 50.7 Å². The van der Waals surface area contributed by atoms with Gasteiger partial charge in [-0.2, -0.15) is 0 Å². The van der Waals surface area contributed by atoms with Crippen molar-refractivity contribution in [2.75, 3.05) is 11.9 Å². The first-order valence-electron chi connectivity index (χ1n) is 17.4. The third kappa shape index (κ3) is 7.40. The summed E-state index contributed by atoms with van der Waals surface area (Å²) in [4.78, 5) is 53.5. The minimum atomic E-state index is -3.83. The second kappa shape index (κ2) is 13.5. The Bertz CT molecular complexity index is 1880. The number of ether oxygens (including phenoxy) is 1. The fourth-order valence-electron chi connectivity index (χ4n) is 6.72. The number of fused-ring (bicyclic) bond motifs is 3. The van der Waals surface area contributed by atoms with Crippen molar-refractivity contribution in [3.8, 4) is 5.19 Å². The van der Waals surface area contributed by atoms with Gasteiger partial charge < -0.3 is 20.3 Å². The molecule has 2 aliphatic carbocycles. The number of nitrogens with one attached hydrogen (secondary N) is 3. The van der Waals surface area contributed by atoms with Crippen LogP contribution in [-0.2, 0) is 29.8 Å². The van der Waals surface area contributed by atoms with Crippen molar-refractivity contribution in [3.63, 3.8) is 0 Å². The third-order valence-corrected chi connectivity index (χ3v) is 13.5. The zero-order valence-corrected chi connectivity index (χ0v) is 31.0. The number of amides is 3. The van der Waals surface area contributed by atoms with Gasteiger partial charge in [-0.1, -0.05) is 69.2 Å². The Morgan fingerprint density at radius 2 is 1.90 bits per heavy atom. The van der Waals surface area contributed by atoms with Crippen molar-refractivity contribution in [1.29, 1.82) is 0 Å². The van der Waals surface area contributed by atoms with Crippen molar-refractivity contribution >= 4 is 65.8 Å². The molecule has 3 aromatic rings. The fraction of sp³-hybridized carbons (Fsp3) is 0.571. The van der Waals surface area contributed by atoms with Crippen molar-refractivity contribution in [2.45, 2.75) is 113 Å². The maximum Gasteiger partial charge on any atom is 0.274 e. The number of aromatic nitrogens is 2. The quantitative estimate of drug-likeness (QED) is 0.287. The lowest BCUT2D eigenvalue weighted by molar-refractivity contribution is -0.140. The molecule has 3 amide bonds. The summed E-state index contributed by atoms with van der Waals surface area (Å²) in [7, 11) is -3.83. The van der Waals surface area contributed by atoms with Gasteiger partial charge >= 0.3 is 0 Å². The summed E-state index contributed by atoms with van der Waals surface area (Å²) in [5.74, 6) is -1.85. The molecule has 3 fully saturated rings. The molecule has 4 heterocycles. The number of thiazole rings is 2. The van der Waals surface area contributed by atoms with E-state index < -0.39 is 50.8 Å². The summed E-state index contributed by atoms with van der Waals surface area (Å²) in [6.07, 6.45) is 8.77. The first-order valence-corrected chi connectivity index (χ1v) is 20.7. The van der Waals surface area contributed by atoms with Crippen LogP contribution >= 0.6 is 22.7 Å². The van der Waals surface area contributed by atoms with E-state index in [4.69, 9.17) is 9.72 Å². The zero-order chi connectivity index (χ0) is 35.3. The van der Waals surface area contributed by atoms with Gasteiger partial charge in [0.1, 0.15) is 23.7 Å². The molecule has 1 saturated heterocycles. The van der Waals surface area contributed by atoms with Crippen molar-refractivity contribution in [1.82, 2.24) is 24.9 Å². The van der Waals surface area contributed by atoms with E-state index in [1.54, 1.807) is 4.90 Å². The van der Waals surface area contributed by atoms with Gasteiger partial charge in [-0.3, -0.25) is 19.1 Å². The molecule has 0 unspecified atom stereocenters. The Hall–Kier alpha value is -3.56. The Morgan fingerprint density at radius 3 is 2.64 bits per heavy atom. The summed E-state index contributed by atoms with van der Waals surface area (Å²) in [6, 6.07) is 6.12. The van der Waals surface area contributed by atoms with Crippen LogP contribution in [0.15, 0.2) is 41.8 Å². The average Bonchev–Trinajstić information content (AvgIpc) is 3.86. The number of anilines is 1. The van der Waals surface area contributed by atoms with Crippen molar-refractivity contribution < 1.29 is 27.5 Å². The summed E-state index contributed by atoms with van der Waals surface area (Å²) in [5, 5.41) is 8.85. The highest BCUT2D eigenvalue weighted by Gasteiger charge is 2.62. The molecule has 15 heteroatoms. The molecular formula is C35H44N6O6S3. The van der Waals surface area contributed by atoms with E-state index >= 15 is 0 Å². The molecule has 7 rings (SSSR count). The van der Waals surface area contributed by atoms with Gasteiger partial charge in [0.2, 0.25) is 21.8 Å². The normalized spacial score (nSPS) is 27.9. The fourth-order valence-corrected chi connectivity index (χ4v) is 9.96. The largest absolute Gasteiger partial charge is 0.465 e. The molecule has 0 spiro atoms. The highest BCUT2D eigenvalue weighted by Crippen LogP contribution is 2.46. The number of allylic oxidation sites excluding steroid dienone is 1. The predicted molar refractivity (Wildman–Crippen MR) is 194 cm³/mol. The number of benzene rings is 1. The average molecular weight is 741 g/mol. The first kappa shape index (κ1) is 34.9. The standard InChI is InChI=1S/C35H44N6O6S3/c1-34(2,3)28-20-48-32(38-28)36-25-13-8-6-4-5-7-11-21-18-35(21,31(44)40-50(45,46)23-15-16-23)39-29(42)26-17-22(19-41(26)30(25)43)47-33-37-24-12-9-10-14-27(24)49-33/h7,9-12,14,20-23,25-26H,4-6,8,13,15-19H2,1-3H3,(H,36,38)(H,39,42)(H,40,44)/t21-,22-,25+,26+,35-/m1/s1. The summed E-state index contributed by atoms with van der Waals surface area (Å²) >= 11 is 2.85. The number of hydrogen-bond donors (Lipinski definition) is 3. The molecule has 268 valence electrons. The number of para-hydroxylation sites is 1. The van der Waals surface area contributed by atoms with E-state index in [0.717, 1.165) is 41.6 Å². The first-order chi connectivity index (χ1) is 23.8. The number of rotatable bonds is 7. The number of carbonyl (C=O) groups is 3. The maximum atomic E-state index is 14.6. The lowest BCUT2D eigenvalue weighted by Crippen LogP contribution is -2.57. The van der Waals surface area contributed by atoms with E-state index in [0.29, 0.717) is 29.6 Å². The molecule has 5 atom stereocenters. The van der Waals surface area contributed by atoms with Crippen LogP contribution in [0.4, 0.5) is 5.13 Å². The highest BCUT2D eigenvalue weighted by atomic mass is 32.2. The number of sulfonamides is 1. The minimum absolute atomic E-state index is 0.148. The van der Waals surface area contributed by atoms with Gasteiger partial charge in [-0.25, -0.2) is 18.4 Å². The van der Waals surface area contributed by atoms with E-state index in [1.165, 1.54) is 22.7 Å². The van der Waals surface area contributed by atoms with Crippen LogP contribution in [0.1, 0.15) is 84.3 Å². The second-order valence-electron chi connectivity index (χ2n) is 14.9. The number of nitrogens with zero attached hydrogens (tertiary/aromatic N) is 3. The van der Waals surface area contributed by atoms with Crippen molar-refractivity contribution in [3.05, 3.63) is 47.5 Å². The molecule has 50 heavy (non-hydrogen) atoms. The molecule has 0 radical (unpaired) electrons. The zero-order valence-electron chi connectivity index (χ0n) is 28.5. The number of hydrogen-bond acceptors (Lipinski definition) is 11. The molecule has 12 nitrogen and oxygen atoms in total. The van der Waals surface area contributed by atoms with E-state index in [1.807, 2.05) is 41.8 Å². The molecular weight excluding hydrogens is 697 g/mol. The molecule has 1 aromatic carbocycles. The summed E-state index contributed by atoms with van der Waals surface area (Å²) < 4.78 is 35.1. The van der Waals surface area contributed by atoms with Crippen LogP contribution in [0.5, 0.6) is 5.19 Å². The topological polar surface area (TPSA) is 160 Å². The molecule has 2 aliphatic heterocycles. The van der Waals surface area contributed by atoms with Gasteiger partial charge in [-0.15, -0.1) is 11.3 Å². The molecule has 2 aromatic heterocycles. The lowest BCUT2D eigenvalue weighted by atomic mass is 9.93. The monoisotopic (exact) mass is 740 g/mol. The molecule has 4 aliphatic rings. The molecule has 2 saturated carbocycles. The number of carbonyl (C=O) groups excluding carboxylic acids is 3. The van der Waals surface area contributed by atoms with E-state index in [9.17, 15) is 22.8 Å². The van der Waals surface area contributed by atoms with Crippen LogP contribution < -0.4 is 20.1 Å². The minimum Gasteiger partial charge on any atom is -0.465 e. The Morgan fingerprint density at radius 1 is 1.10 bits per heavy atom. The Labute approximate surface area is 300 Å². The van der Waals surface area contributed by atoms with Gasteiger partial charge in [0, 0.05) is 23.1 Å². The van der Waals surface area contributed by atoms with Crippen LogP contribution in [-0.4, -0.2) is 76.5 Å². The lowest BCUT2D eigenvalue weighted by Gasteiger charge is -2.29. The highest BCUT2D eigenvalue weighted by molar-refractivity contribution is 7.91. The van der Waals surface area contributed by atoms with Crippen LogP contribution in [0.25, 0.3) is 10.2 Å². The Balaban J connectivity index is 1.18. The Kier molecular flexibility index (Phi) is 9.44. The third-order valence-electron chi connectivity index (χ3n) is 9.95. The van der Waals surface area contributed by atoms with Crippen LogP contribution in [0, 0.1) is 5.92 Å². The summed E-state index contributed by atoms with van der Waals surface area (Å²) in [6.45, 7) is 6.42. The maximum absolute atomic E-state index is 14.6. The van der Waals surface area contributed by atoms with Crippen LogP contribution in [0.3, 0.4) is 0 Å². The van der Waals surface area contributed by atoms with Crippen LogP contribution in [0.2, 0.25) is 0 Å². The van der Waals surface area contributed by atoms with E-state index in [2.05, 4.69) is 41.1 Å². The predicted octanol–water partition coefficient (Wildman–Crippen LogP) is 4.88.